The Balaban J connectivity index is 2.60. The van der Waals surface area contributed by atoms with E-state index in [0.717, 1.165) is 0 Å². The summed E-state index contributed by atoms with van der Waals surface area (Å²) in [6, 6.07) is 8.19. The molecule has 4 heteroatoms. The predicted octanol–water partition coefficient (Wildman–Crippen LogP) is 1.91. The van der Waals surface area contributed by atoms with E-state index in [9.17, 15) is 4.79 Å². The lowest BCUT2D eigenvalue weighted by Gasteiger charge is -2.27. The number of hydrogen-bond acceptors (Lipinski definition) is 2. The Hall–Kier alpha value is -1.55. The highest BCUT2D eigenvalue weighted by atomic mass is 16.3. The van der Waals surface area contributed by atoms with Gasteiger partial charge in [0.1, 0.15) is 0 Å². The SMILES string of the molecule is Cc1ccc(C(C)(C)CNC(=O)N(C)CCO)cc1. The van der Waals surface area contributed by atoms with Crippen LogP contribution in [0.4, 0.5) is 4.79 Å². The first-order chi connectivity index (χ1) is 8.86. The minimum absolute atomic E-state index is 0.0225. The van der Waals surface area contributed by atoms with Crippen LogP contribution in [0.25, 0.3) is 0 Å². The van der Waals surface area contributed by atoms with Crippen molar-refractivity contribution in [2.24, 2.45) is 0 Å². The molecule has 0 saturated carbocycles. The van der Waals surface area contributed by atoms with Crippen molar-refractivity contribution >= 4 is 6.03 Å². The van der Waals surface area contributed by atoms with Crippen LogP contribution in [-0.2, 0) is 5.41 Å². The Labute approximate surface area is 115 Å². The number of carbonyl (C=O) groups excluding carboxylic acids is 1. The van der Waals surface area contributed by atoms with Crippen molar-refractivity contribution < 1.29 is 9.90 Å². The van der Waals surface area contributed by atoms with Gasteiger partial charge in [0.2, 0.25) is 0 Å². The minimum atomic E-state index is -0.158. The van der Waals surface area contributed by atoms with Crippen LogP contribution >= 0.6 is 0 Å². The van der Waals surface area contributed by atoms with Gasteiger partial charge >= 0.3 is 6.03 Å². The summed E-state index contributed by atoms with van der Waals surface area (Å²) in [4.78, 5) is 13.2. The van der Waals surface area contributed by atoms with Crippen LogP contribution < -0.4 is 5.32 Å². The second kappa shape index (κ2) is 6.57. The molecule has 1 aromatic rings. The van der Waals surface area contributed by atoms with E-state index in [4.69, 9.17) is 5.11 Å². The standard InChI is InChI=1S/C15H24N2O2/c1-12-5-7-13(8-6-12)15(2,3)11-16-14(19)17(4)9-10-18/h5-8,18H,9-11H2,1-4H3,(H,16,19). The molecule has 0 saturated heterocycles. The van der Waals surface area contributed by atoms with Crippen molar-refractivity contribution in [1.82, 2.24) is 10.2 Å². The quantitative estimate of drug-likeness (QED) is 0.853. The monoisotopic (exact) mass is 264 g/mol. The van der Waals surface area contributed by atoms with Gasteiger partial charge in [-0.3, -0.25) is 0 Å². The van der Waals surface area contributed by atoms with Gasteiger partial charge < -0.3 is 15.3 Å². The van der Waals surface area contributed by atoms with Gasteiger partial charge in [0, 0.05) is 25.6 Å². The second-order valence-electron chi connectivity index (χ2n) is 5.55. The third kappa shape index (κ3) is 4.56. The van der Waals surface area contributed by atoms with E-state index in [2.05, 4.69) is 50.4 Å². The van der Waals surface area contributed by atoms with Crippen molar-refractivity contribution in [3.05, 3.63) is 35.4 Å². The maximum absolute atomic E-state index is 11.8. The van der Waals surface area contributed by atoms with E-state index in [1.54, 1.807) is 7.05 Å². The molecule has 1 aromatic carbocycles. The maximum Gasteiger partial charge on any atom is 0.317 e. The van der Waals surface area contributed by atoms with Gasteiger partial charge in [-0.1, -0.05) is 43.7 Å². The largest absolute Gasteiger partial charge is 0.395 e. The fraction of sp³-hybridized carbons (Fsp3) is 0.533. The number of aliphatic hydroxyl groups is 1. The predicted molar refractivity (Wildman–Crippen MR) is 77.3 cm³/mol. The summed E-state index contributed by atoms with van der Waals surface area (Å²) < 4.78 is 0. The van der Waals surface area contributed by atoms with E-state index in [1.807, 2.05) is 0 Å². The van der Waals surface area contributed by atoms with Crippen molar-refractivity contribution in [1.29, 1.82) is 0 Å². The van der Waals surface area contributed by atoms with Crippen molar-refractivity contribution in [3.8, 4) is 0 Å². The number of amides is 2. The molecule has 0 aliphatic carbocycles. The highest BCUT2D eigenvalue weighted by molar-refractivity contribution is 5.73. The van der Waals surface area contributed by atoms with E-state index in [0.29, 0.717) is 13.1 Å². The molecular weight excluding hydrogens is 240 g/mol. The zero-order valence-corrected chi connectivity index (χ0v) is 12.2. The molecule has 2 N–H and O–H groups in total. The first kappa shape index (κ1) is 15.5. The van der Waals surface area contributed by atoms with Crippen LogP contribution in [0.5, 0.6) is 0 Å². The fourth-order valence-electron chi connectivity index (χ4n) is 1.79. The van der Waals surface area contributed by atoms with Crippen LogP contribution in [0.3, 0.4) is 0 Å². The molecule has 0 aliphatic rings. The Kier molecular flexibility index (Phi) is 5.36. The third-order valence-electron chi connectivity index (χ3n) is 3.30. The number of benzene rings is 1. The average Bonchev–Trinajstić information content (AvgIpc) is 2.37. The number of aryl methyl sites for hydroxylation is 1. The van der Waals surface area contributed by atoms with Gasteiger partial charge in [-0.05, 0) is 12.5 Å². The van der Waals surface area contributed by atoms with Gasteiger partial charge in [-0.2, -0.15) is 0 Å². The molecule has 19 heavy (non-hydrogen) atoms. The zero-order valence-electron chi connectivity index (χ0n) is 12.2. The smallest absolute Gasteiger partial charge is 0.317 e. The van der Waals surface area contributed by atoms with Crippen LogP contribution in [-0.4, -0.2) is 42.8 Å². The van der Waals surface area contributed by atoms with E-state index >= 15 is 0 Å². The van der Waals surface area contributed by atoms with Crippen molar-refractivity contribution in [2.75, 3.05) is 26.7 Å². The number of hydrogen-bond donors (Lipinski definition) is 2. The lowest BCUT2D eigenvalue weighted by atomic mass is 9.84. The molecule has 1 rings (SSSR count). The molecule has 0 aromatic heterocycles. The van der Waals surface area contributed by atoms with Crippen LogP contribution in [0, 0.1) is 6.92 Å². The molecule has 0 atom stereocenters. The molecule has 4 nitrogen and oxygen atoms in total. The molecule has 0 heterocycles. The highest BCUT2D eigenvalue weighted by Crippen LogP contribution is 2.22. The Bertz CT molecular complexity index is 413. The van der Waals surface area contributed by atoms with Crippen molar-refractivity contribution in [3.63, 3.8) is 0 Å². The summed E-state index contributed by atoms with van der Waals surface area (Å²) in [6.45, 7) is 7.14. The van der Waals surface area contributed by atoms with Gasteiger partial charge in [0.05, 0.1) is 6.61 Å². The molecular formula is C15H24N2O2. The van der Waals surface area contributed by atoms with Crippen LogP contribution in [0.1, 0.15) is 25.0 Å². The summed E-state index contributed by atoms with van der Waals surface area (Å²) in [7, 11) is 1.67. The van der Waals surface area contributed by atoms with Crippen molar-refractivity contribution in [2.45, 2.75) is 26.2 Å². The van der Waals surface area contributed by atoms with Gasteiger partial charge in [-0.25, -0.2) is 4.79 Å². The second-order valence-corrected chi connectivity index (χ2v) is 5.55. The van der Waals surface area contributed by atoms with E-state index in [1.165, 1.54) is 16.0 Å². The number of carbonyl (C=O) groups is 1. The topological polar surface area (TPSA) is 52.6 Å². The summed E-state index contributed by atoms with van der Waals surface area (Å²) in [5.74, 6) is 0. The first-order valence-corrected chi connectivity index (χ1v) is 6.54. The highest BCUT2D eigenvalue weighted by Gasteiger charge is 2.21. The fourth-order valence-corrected chi connectivity index (χ4v) is 1.79. The van der Waals surface area contributed by atoms with Gasteiger partial charge in [0.25, 0.3) is 0 Å². The zero-order chi connectivity index (χ0) is 14.5. The number of urea groups is 1. The third-order valence-corrected chi connectivity index (χ3v) is 3.30. The Morgan fingerprint density at radius 2 is 1.89 bits per heavy atom. The maximum atomic E-state index is 11.8. The average molecular weight is 264 g/mol. The molecule has 0 unspecified atom stereocenters. The molecule has 0 spiro atoms. The Morgan fingerprint density at radius 3 is 2.42 bits per heavy atom. The molecule has 0 aliphatic heterocycles. The lowest BCUT2D eigenvalue weighted by Crippen LogP contribution is -2.43. The molecule has 2 amide bonds. The number of nitrogens with one attached hydrogen (secondary N) is 1. The number of likely N-dealkylation sites (N-methyl/N-ethyl adjacent to an activating group) is 1. The minimum Gasteiger partial charge on any atom is -0.395 e. The Morgan fingerprint density at radius 1 is 1.32 bits per heavy atom. The van der Waals surface area contributed by atoms with Crippen LogP contribution in [0.15, 0.2) is 24.3 Å². The summed E-state index contributed by atoms with van der Waals surface area (Å²) in [6.07, 6.45) is 0. The summed E-state index contributed by atoms with van der Waals surface area (Å²) >= 11 is 0. The number of aliphatic hydroxyl groups excluding tert-OH is 1. The lowest BCUT2D eigenvalue weighted by molar-refractivity contribution is 0.188. The van der Waals surface area contributed by atoms with Gasteiger partial charge in [0.15, 0.2) is 0 Å². The molecule has 0 bridgehead atoms. The first-order valence-electron chi connectivity index (χ1n) is 6.54. The molecule has 0 radical (unpaired) electrons. The van der Waals surface area contributed by atoms with Gasteiger partial charge in [-0.15, -0.1) is 0 Å². The number of nitrogens with zero attached hydrogens (tertiary/aromatic N) is 1. The summed E-state index contributed by atoms with van der Waals surface area (Å²) in [5, 5.41) is 11.7. The molecule has 106 valence electrons. The molecule has 0 fully saturated rings. The van der Waals surface area contributed by atoms with Crippen LogP contribution in [0.2, 0.25) is 0 Å². The van der Waals surface area contributed by atoms with E-state index < -0.39 is 0 Å². The summed E-state index contributed by atoms with van der Waals surface area (Å²) in [5.41, 5.74) is 2.30. The normalized spacial score (nSPS) is 11.2. The number of rotatable bonds is 5. The van der Waals surface area contributed by atoms with E-state index in [-0.39, 0.29) is 18.1 Å².